The van der Waals surface area contributed by atoms with Crippen molar-refractivity contribution in [3.05, 3.63) is 12.2 Å². The zero-order valence-corrected chi connectivity index (χ0v) is 16.9. The van der Waals surface area contributed by atoms with Crippen molar-refractivity contribution in [3.8, 4) is 6.07 Å². The standard InChI is InChI=1S/C25H29NO3/c1-2-28-25(27)18-14-6-11(15(18)8-26)19-22(14)24-21-13-7-12(20(21)23(19)29-24)16-9-3-4-10(5-9)17(13)16/h3-4,9-24H,2,5-7H2,1H3. The van der Waals surface area contributed by atoms with Gasteiger partial charge in [-0.05, 0) is 97.2 Å². The molecule has 152 valence electrons. The van der Waals surface area contributed by atoms with Crippen LogP contribution in [-0.2, 0) is 14.3 Å². The maximum atomic E-state index is 12.8. The van der Waals surface area contributed by atoms with Gasteiger partial charge in [-0.2, -0.15) is 5.26 Å². The number of hydrogen-bond donors (Lipinski definition) is 0. The number of nitriles is 1. The molecule has 5 saturated carbocycles. The van der Waals surface area contributed by atoms with E-state index >= 15 is 0 Å². The lowest BCUT2D eigenvalue weighted by atomic mass is 9.53. The molecule has 16 atom stereocenters. The Morgan fingerprint density at radius 2 is 1.52 bits per heavy atom. The Hall–Kier alpha value is -1.34. The monoisotopic (exact) mass is 391 g/mol. The summed E-state index contributed by atoms with van der Waals surface area (Å²) in [5.41, 5.74) is 0. The molecule has 4 heteroatoms. The van der Waals surface area contributed by atoms with E-state index in [1.54, 1.807) is 0 Å². The van der Waals surface area contributed by atoms with Crippen molar-refractivity contribution in [2.45, 2.75) is 38.4 Å². The third-order valence-electron chi connectivity index (χ3n) is 11.4. The highest BCUT2D eigenvalue weighted by molar-refractivity contribution is 5.74. The summed E-state index contributed by atoms with van der Waals surface area (Å²) >= 11 is 0. The molecule has 0 N–H and O–H groups in total. The molecule has 8 rings (SSSR count). The molecule has 2 heterocycles. The number of ether oxygens (including phenoxy) is 2. The fraction of sp³-hybridized carbons (Fsp3) is 0.840. The maximum absolute atomic E-state index is 12.8. The lowest BCUT2D eigenvalue weighted by Crippen LogP contribution is -2.52. The molecular weight excluding hydrogens is 362 g/mol. The molecule has 0 radical (unpaired) electrons. The van der Waals surface area contributed by atoms with Crippen LogP contribution in [-0.4, -0.2) is 24.8 Å². The minimum absolute atomic E-state index is 0.115. The molecule has 7 fully saturated rings. The Morgan fingerprint density at radius 3 is 2.14 bits per heavy atom. The molecule has 29 heavy (non-hydrogen) atoms. The van der Waals surface area contributed by atoms with E-state index in [2.05, 4.69) is 18.2 Å². The molecule has 8 aliphatic rings. The maximum Gasteiger partial charge on any atom is 0.310 e. The van der Waals surface area contributed by atoms with E-state index in [4.69, 9.17) is 9.47 Å². The Labute approximate surface area is 172 Å². The summed E-state index contributed by atoms with van der Waals surface area (Å²) in [4.78, 5) is 12.8. The highest BCUT2D eigenvalue weighted by Crippen LogP contribution is 2.78. The van der Waals surface area contributed by atoms with Gasteiger partial charge in [-0.25, -0.2) is 0 Å². The van der Waals surface area contributed by atoms with Crippen LogP contribution in [0.25, 0.3) is 0 Å². The van der Waals surface area contributed by atoms with Crippen LogP contribution in [0.2, 0.25) is 0 Å². The van der Waals surface area contributed by atoms with E-state index in [1.165, 1.54) is 12.8 Å². The topological polar surface area (TPSA) is 59.3 Å². The summed E-state index contributed by atoms with van der Waals surface area (Å²) in [5.74, 6) is 7.99. The zero-order valence-electron chi connectivity index (χ0n) is 16.9. The molecule has 8 bridgehead atoms. The molecule has 0 spiro atoms. The van der Waals surface area contributed by atoms with Crippen molar-refractivity contribution in [2.75, 3.05) is 6.61 Å². The summed E-state index contributed by atoms with van der Waals surface area (Å²) in [5, 5.41) is 9.95. The fourth-order valence-corrected chi connectivity index (χ4v) is 11.3. The molecule has 2 aliphatic heterocycles. The molecule has 4 nitrogen and oxygen atoms in total. The first-order valence-corrected chi connectivity index (χ1v) is 12.1. The van der Waals surface area contributed by atoms with Crippen LogP contribution in [0.5, 0.6) is 0 Å². The lowest BCUT2D eigenvalue weighted by molar-refractivity contribution is -0.153. The average Bonchev–Trinajstić information content (AvgIpc) is 3.54. The van der Waals surface area contributed by atoms with Crippen molar-refractivity contribution in [2.24, 2.45) is 82.9 Å². The highest BCUT2D eigenvalue weighted by atomic mass is 16.5. The molecule has 0 aromatic carbocycles. The first kappa shape index (κ1) is 16.4. The second-order valence-corrected chi connectivity index (χ2v) is 11.5. The molecule has 2 saturated heterocycles. The number of fused-ring (bicyclic) bond motifs is 23. The van der Waals surface area contributed by atoms with Crippen LogP contribution in [0, 0.1) is 94.2 Å². The summed E-state index contributed by atoms with van der Waals surface area (Å²) in [6, 6.07) is 2.54. The normalized spacial score (nSPS) is 65.7. The number of carbonyl (C=O) groups is 1. The lowest BCUT2D eigenvalue weighted by Gasteiger charge is -2.48. The first-order chi connectivity index (χ1) is 14.2. The Balaban J connectivity index is 1.16. The number of allylic oxidation sites excluding steroid dienone is 2. The van der Waals surface area contributed by atoms with Gasteiger partial charge < -0.3 is 9.47 Å². The first-order valence-electron chi connectivity index (χ1n) is 12.1. The number of esters is 1. The van der Waals surface area contributed by atoms with Gasteiger partial charge in [-0.3, -0.25) is 4.79 Å². The number of nitrogens with zero attached hydrogens (tertiary/aromatic N) is 1. The van der Waals surface area contributed by atoms with E-state index in [0.29, 0.717) is 42.5 Å². The van der Waals surface area contributed by atoms with E-state index in [9.17, 15) is 10.1 Å². The van der Waals surface area contributed by atoms with Gasteiger partial charge in [-0.15, -0.1) is 0 Å². The third kappa shape index (κ3) is 1.60. The average molecular weight is 392 g/mol. The molecule has 6 aliphatic carbocycles. The largest absolute Gasteiger partial charge is 0.466 e. The van der Waals surface area contributed by atoms with E-state index < -0.39 is 0 Å². The van der Waals surface area contributed by atoms with E-state index in [-0.39, 0.29) is 17.8 Å². The minimum atomic E-state index is -0.204. The second-order valence-electron chi connectivity index (χ2n) is 11.5. The summed E-state index contributed by atoms with van der Waals surface area (Å²) in [6.45, 7) is 2.28. The molecule has 0 aromatic rings. The van der Waals surface area contributed by atoms with Crippen molar-refractivity contribution in [1.29, 1.82) is 5.26 Å². The molecule has 16 unspecified atom stereocenters. The van der Waals surface area contributed by atoms with Crippen LogP contribution in [0.3, 0.4) is 0 Å². The molecule has 0 aromatic heterocycles. The van der Waals surface area contributed by atoms with Crippen LogP contribution < -0.4 is 0 Å². The highest BCUT2D eigenvalue weighted by Gasteiger charge is 2.78. The second kappa shape index (κ2) is 5.10. The van der Waals surface area contributed by atoms with Gasteiger partial charge in [0.2, 0.25) is 0 Å². The Kier molecular flexibility index (Phi) is 2.88. The quantitative estimate of drug-likeness (QED) is 0.412. The summed E-state index contributed by atoms with van der Waals surface area (Å²) in [7, 11) is 0. The van der Waals surface area contributed by atoms with Gasteiger partial charge in [0.05, 0.1) is 36.7 Å². The van der Waals surface area contributed by atoms with Crippen LogP contribution in [0.15, 0.2) is 12.2 Å². The zero-order chi connectivity index (χ0) is 19.2. The van der Waals surface area contributed by atoms with Gasteiger partial charge in [0.15, 0.2) is 0 Å². The minimum Gasteiger partial charge on any atom is -0.466 e. The van der Waals surface area contributed by atoms with E-state index in [1.807, 2.05) is 6.92 Å². The predicted octanol–water partition coefficient (Wildman–Crippen LogP) is 3.29. The Bertz CT molecular complexity index is 876. The van der Waals surface area contributed by atoms with Crippen molar-refractivity contribution in [3.63, 3.8) is 0 Å². The van der Waals surface area contributed by atoms with Gasteiger partial charge in [0, 0.05) is 0 Å². The number of hydrogen-bond acceptors (Lipinski definition) is 4. The van der Waals surface area contributed by atoms with Crippen molar-refractivity contribution < 1.29 is 14.3 Å². The van der Waals surface area contributed by atoms with Gasteiger partial charge in [-0.1, -0.05) is 12.2 Å². The SMILES string of the molecule is CCOC(=O)C1C(C#N)C2CC1C1C3OC(C21)C1C2CC(C4C5C=CC(C5)C24)C31. The molecule has 0 amide bonds. The van der Waals surface area contributed by atoms with Crippen LogP contribution >= 0.6 is 0 Å². The number of carbonyl (C=O) groups excluding carboxylic acids is 1. The molecular formula is C25H29NO3. The Morgan fingerprint density at radius 1 is 0.931 bits per heavy atom. The summed E-state index contributed by atoms with van der Waals surface area (Å²) in [6.07, 6.45) is 9.71. The third-order valence-corrected chi connectivity index (χ3v) is 11.4. The van der Waals surface area contributed by atoms with Crippen molar-refractivity contribution in [1.82, 2.24) is 0 Å². The van der Waals surface area contributed by atoms with Crippen molar-refractivity contribution >= 4 is 5.97 Å². The van der Waals surface area contributed by atoms with Gasteiger partial charge in [0.1, 0.15) is 0 Å². The predicted molar refractivity (Wildman–Crippen MR) is 103 cm³/mol. The van der Waals surface area contributed by atoms with Gasteiger partial charge in [0.25, 0.3) is 0 Å². The van der Waals surface area contributed by atoms with Crippen LogP contribution in [0.4, 0.5) is 0 Å². The number of rotatable bonds is 2. The van der Waals surface area contributed by atoms with E-state index in [0.717, 1.165) is 53.8 Å². The smallest absolute Gasteiger partial charge is 0.310 e. The summed E-state index contributed by atoms with van der Waals surface area (Å²) < 4.78 is 12.2. The van der Waals surface area contributed by atoms with Crippen LogP contribution in [0.1, 0.15) is 26.2 Å². The fourth-order valence-electron chi connectivity index (χ4n) is 11.3. The van der Waals surface area contributed by atoms with Gasteiger partial charge >= 0.3 is 5.97 Å².